The number of hydrogen-bond acceptors (Lipinski definition) is 5. The van der Waals surface area contributed by atoms with Gasteiger partial charge in [0.2, 0.25) is 0 Å². The SMILES string of the molecule is COC(=O)CCCCCCCC(=O)OCCn1cccn1. The minimum absolute atomic E-state index is 0.156. The van der Waals surface area contributed by atoms with Gasteiger partial charge in [0, 0.05) is 25.2 Å². The molecule has 6 heteroatoms. The molecule has 0 unspecified atom stereocenters. The highest BCUT2D eigenvalue weighted by molar-refractivity contribution is 5.69. The Morgan fingerprint density at radius 2 is 1.71 bits per heavy atom. The first-order valence-corrected chi connectivity index (χ1v) is 7.42. The Kier molecular flexibility index (Phi) is 8.91. The Morgan fingerprint density at radius 3 is 2.33 bits per heavy atom. The Morgan fingerprint density at radius 1 is 1.05 bits per heavy atom. The van der Waals surface area contributed by atoms with Gasteiger partial charge < -0.3 is 9.47 Å². The van der Waals surface area contributed by atoms with E-state index in [1.165, 1.54) is 7.11 Å². The highest BCUT2D eigenvalue weighted by Crippen LogP contribution is 2.08. The maximum atomic E-state index is 11.5. The number of carbonyl (C=O) groups is 2. The zero-order valence-corrected chi connectivity index (χ0v) is 12.6. The predicted octanol–water partition coefficient (Wildman–Crippen LogP) is 2.33. The first-order chi connectivity index (χ1) is 10.2. The van der Waals surface area contributed by atoms with Gasteiger partial charge in [-0.15, -0.1) is 0 Å². The molecule has 21 heavy (non-hydrogen) atoms. The smallest absolute Gasteiger partial charge is 0.305 e. The number of rotatable bonds is 11. The average molecular weight is 296 g/mol. The highest BCUT2D eigenvalue weighted by atomic mass is 16.5. The van der Waals surface area contributed by atoms with Crippen molar-refractivity contribution < 1.29 is 19.1 Å². The molecule has 0 bridgehead atoms. The van der Waals surface area contributed by atoms with Crippen LogP contribution in [0.15, 0.2) is 18.5 Å². The minimum Gasteiger partial charge on any atom is -0.469 e. The van der Waals surface area contributed by atoms with Crippen molar-refractivity contribution in [2.75, 3.05) is 13.7 Å². The normalized spacial score (nSPS) is 10.3. The lowest BCUT2D eigenvalue weighted by molar-refractivity contribution is -0.144. The summed E-state index contributed by atoms with van der Waals surface area (Å²) >= 11 is 0. The second kappa shape index (κ2) is 10.9. The Hall–Kier alpha value is -1.85. The minimum atomic E-state index is -0.157. The molecule has 118 valence electrons. The molecular weight excluding hydrogens is 272 g/mol. The van der Waals surface area contributed by atoms with Gasteiger partial charge in [-0.2, -0.15) is 5.10 Å². The summed E-state index contributed by atoms with van der Waals surface area (Å²) in [5.74, 6) is -0.313. The average Bonchev–Trinajstić information content (AvgIpc) is 2.99. The van der Waals surface area contributed by atoms with Crippen LogP contribution in [0.25, 0.3) is 0 Å². The lowest BCUT2D eigenvalue weighted by atomic mass is 10.1. The Bertz CT molecular complexity index is 404. The number of nitrogens with zero attached hydrogens (tertiary/aromatic N) is 2. The monoisotopic (exact) mass is 296 g/mol. The quantitative estimate of drug-likeness (QED) is 0.463. The molecule has 6 nitrogen and oxygen atoms in total. The van der Waals surface area contributed by atoms with Crippen molar-refractivity contribution >= 4 is 11.9 Å². The number of ether oxygens (including phenoxy) is 2. The molecule has 0 atom stereocenters. The molecule has 1 heterocycles. The number of hydrogen-bond donors (Lipinski definition) is 0. The van der Waals surface area contributed by atoms with Crippen LogP contribution in [0, 0.1) is 0 Å². The van der Waals surface area contributed by atoms with Crippen LogP contribution in [0.2, 0.25) is 0 Å². The topological polar surface area (TPSA) is 70.4 Å². The van der Waals surface area contributed by atoms with Gasteiger partial charge >= 0.3 is 11.9 Å². The molecule has 0 spiro atoms. The molecule has 0 saturated carbocycles. The van der Waals surface area contributed by atoms with Gasteiger partial charge in [0.15, 0.2) is 0 Å². The molecule has 0 aromatic carbocycles. The first-order valence-electron chi connectivity index (χ1n) is 7.42. The zero-order valence-electron chi connectivity index (χ0n) is 12.6. The van der Waals surface area contributed by atoms with Crippen LogP contribution in [0.3, 0.4) is 0 Å². The second-order valence-corrected chi connectivity index (χ2v) is 4.83. The summed E-state index contributed by atoms with van der Waals surface area (Å²) < 4.78 is 11.4. The van der Waals surface area contributed by atoms with E-state index in [2.05, 4.69) is 9.84 Å². The fourth-order valence-electron chi connectivity index (χ4n) is 1.93. The molecule has 0 N–H and O–H groups in total. The van der Waals surface area contributed by atoms with E-state index in [0.717, 1.165) is 32.1 Å². The Balaban J connectivity index is 1.88. The fraction of sp³-hybridized carbons (Fsp3) is 0.667. The van der Waals surface area contributed by atoms with E-state index in [1.54, 1.807) is 10.9 Å². The van der Waals surface area contributed by atoms with Crippen LogP contribution in [-0.2, 0) is 25.6 Å². The van der Waals surface area contributed by atoms with E-state index in [9.17, 15) is 9.59 Å². The summed E-state index contributed by atoms with van der Waals surface area (Å²) in [6.45, 7) is 0.950. The van der Waals surface area contributed by atoms with E-state index in [4.69, 9.17) is 4.74 Å². The van der Waals surface area contributed by atoms with Gasteiger partial charge in [0.1, 0.15) is 6.61 Å². The third kappa shape index (κ3) is 8.83. The molecule has 0 aliphatic carbocycles. The summed E-state index contributed by atoms with van der Waals surface area (Å²) in [6, 6.07) is 1.84. The van der Waals surface area contributed by atoms with Crippen LogP contribution in [-0.4, -0.2) is 35.4 Å². The van der Waals surface area contributed by atoms with E-state index in [-0.39, 0.29) is 11.9 Å². The van der Waals surface area contributed by atoms with E-state index < -0.39 is 0 Å². The molecule has 0 saturated heterocycles. The van der Waals surface area contributed by atoms with Crippen LogP contribution in [0.1, 0.15) is 44.9 Å². The summed E-state index contributed by atoms with van der Waals surface area (Å²) in [4.78, 5) is 22.4. The summed E-state index contributed by atoms with van der Waals surface area (Å²) in [5.41, 5.74) is 0. The number of aromatic nitrogens is 2. The van der Waals surface area contributed by atoms with E-state index in [1.807, 2.05) is 12.3 Å². The summed E-state index contributed by atoms with van der Waals surface area (Å²) in [6.07, 6.45) is 9.14. The molecule has 0 aliphatic heterocycles. The third-order valence-electron chi connectivity index (χ3n) is 3.13. The standard InChI is InChI=1S/C15H24N2O4/c1-20-14(18)8-5-3-2-4-6-9-15(19)21-13-12-17-11-7-10-16-17/h7,10-11H,2-6,8-9,12-13H2,1H3. The summed E-state index contributed by atoms with van der Waals surface area (Å²) in [5, 5.41) is 4.03. The molecule has 0 amide bonds. The van der Waals surface area contributed by atoms with Crippen molar-refractivity contribution in [2.45, 2.75) is 51.5 Å². The maximum Gasteiger partial charge on any atom is 0.305 e. The molecular formula is C15H24N2O4. The maximum absolute atomic E-state index is 11.5. The van der Waals surface area contributed by atoms with Gasteiger partial charge in [-0.1, -0.05) is 19.3 Å². The van der Waals surface area contributed by atoms with Crippen LogP contribution < -0.4 is 0 Å². The van der Waals surface area contributed by atoms with Crippen molar-refractivity contribution in [3.63, 3.8) is 0 Å². The van der Waals surface area contributed by atoms with Crippen molar-refractivity contribution in [1.82, 2.24) is 9.78 Å². The molecule has 0 fully saturated rings. The molecule has 1 aromatic rings. The van der Waals surface area contributed by atoms with Gasteiger partial charge in [0.05, 0.1) is 13.7 Å². The lowest BCUT2D eigenvalue weighted by Gasteiger charge is -2.05. The van der Waals surface area contributed by atoms with Crippen LogP contribution >= 0.6 is 0 Å². The first kappa shape index (κ1) is 17.2. The molecule has 0 aliphatic rings. The van der Waals surface area contributed by atoms with Crippen molar-refractivity contribution in [3.8, 4) is 0 Å². The van der Waals surface area contributed by atoms with E-state index >= 15 is 0 Å². The van der Waals surface area contributed by atoms with Crippen molar-refractivity contribution in [2.24, 2.45) is 0 Å². The largest absolute Gasteiger partial charge is 0.469 e. The molecule has 1 aromatic heterocycles. The number of methoxy groups -OCH3 is 1. The van der Waals surface area contributed by atoms with Gasteiger partial charge in [-0.05, 0) is 18.9 Å². The van der Waals surface area contributed by atoms with Gasteiger partial charge in [-0.25, -0.2) is 0 Å². The molecule has 0 radical (unpaired) electrons. The van der Waals surface area contributed by atoms with Crippen LogP contribution in [0.5, 0.6) is 0 Å². The van der Waals surface area contributed by atoms with Crippen molar-refractivity contribution in [1.29, 1.82) is 0 Å². The van der Waals surface area contributed by atoms with Gasteiger partial charge in [-0.3, -0.25) is 14.3 Å². The number of esters is 2. The number of carbonyl (C=O) groups excluding carboxylic acids is 2. The zero-order chi connectivity index (χ0) is 15.3. The van der Waals surface area contributed by atoms with Gasteiger partial charge in [0.25, 0.3) is 0 Å². The molecule has 1 rings (SSSR count). The highest BCUT2D eigenvalue weighted by Gasteiger charge is 2.03. The second-order valence-electron chi connectivity index (χ2n) is 4.83. The fourth-order valence-corrected chi connectivity index (χ4v) is 1.93. The number of unbranched alkanes of at least 4 members (excludes halogenated alkanes) is 4. The summed E-state index contributed by atoms with van der Waals surface area (Å²) in [7, 11) is 1.40. The lowest BCUT2D eigenvalue weighted by Crippen LogP contribution is -2.11. The van der Waals surface area contributed by atoms with Crippen molar-refractivity contribution in [3.05, 3.63) is 18.5 Å². The third-order valence-corrected chi connectivity index (χ3v) is 3.13. The predicted molar refractivity (Wildman–Crippen MR) is 77.5 cm³/mol. The Labute approximate surface area is 125 Å². The van der Waals surface area contributed by atoms with E-state index in [0.29, 0.717) is 26.0 Å². The van der Waals surface area contributed by atoms with Crippen LogP contribution in [0.4, 0.5) is 0 Å².